The van der Waals surface area contributed by atoms with E-state index in [9.17, 15) is 10.1 Å². The maximum atomic E-state index is 10.6. The molecule has 0 amide bonds. The molecule has 1 aromatic carbocycles. The van der Waals surface area contributed by atoms with Gasteiger partial charge in [-0.2, -0.15) is 0 Å². The van der Waals surface area contributed by atoms with Crippen molar-refractivity contribution in [3.05, 3.63) is 33.5 Å². The van der Waals surface area contributed by atoms with Crippen molar-refractivity contribution in [1.29, 1.82) is 0 Å². The second-order valence-electron chi connectivity index (χ2n) is 3.18. The average molecular weight is 254 g/mol. The number of nitro groups is 1. The van der Waals surface area contributed by atoms with Gasteiger partial charge in [0, 0.05) is 12.1 Å². The number of hydrogen-bond donors (Lipinski definition) is 0. The molecule has 0 unspecified atom stereocenters. The van der Waals surface area contributed by atoms with Crippen molar-refractivity contribution in [3.63, 3.8) is 0 Å². The molecule has 2 rings (SSSR count). The minimum absolute atomic E-state index is 0.0490. The number of fused-ring (bicyclic) bond motifs is 1. The Labute approximate surface area is 101 Å². The fourth-order valence-electron chi connectivity index (χ4n) is 1.35. The normalized spacial score (nSPS) is 10.5. The van der Waals surface area contributed by atoms with Crippen LogP contribution in [0.1, 0.15) is 6.92 Å². The molecule has 17 heavy (non-hydrogen) atoms. The van der Waals surface area contributed by atoms with E-state index in [-0.39, 0.29) is 16.7 Å². The van der Waals surface area contributed by atoms with Gasteiger partial charge in [-0.05, 0) is 13.0 Å². The third kappa shape index (κ3) is 2.26. The maximum Gasteiger partial charge on any atom is 0.271 e. The van der Waals surface area contributed by atoms with Crippen LogP contribution in [0.25, 0.3) is 11.0 Å². The van der Waals surface area contributed by atoms with Crippen molar-refractivity contribution in [1.82, 2.24) is 9.97 Å². The summed E-state index contributed by atoms with van der Waals surface area (Å²) >= 11 is 5.85. The van der Waals surface area contributed by atoms with Gasteiger partial charge in [-0.3, -0.25) is 10.1 Å². The van der Waals surface area contributed by atoms with E-state index in [0.29, 0.717) is 17.6 Å². The fourth-order valence-corrected chi connectivity index (χ4v) is 1.53. The van der Waals surface area contributed by atoms with Crippen molar-refractivity contribution in [2.75, 3.05) is 6.61 Å². The molecule has 0 radical (unpaired) electrons. The van der Waals surface area contributed by atoms with Crippen LogP contribution in [-0.4, -0.2) is 21.5 Å². The van der Waals surface area contributed by atoms with Crippen LogP contribution >= 0.6 is 11.6 Å². The smallest absolute Gasteiger partial charge is 0.271 e. The number of non-ortho nitro benzene ring substituents is 1. The minimum atomic E-state index is -0.495. The first-order chi connectivity index (χ1) is 8.11. The summed E-state index contributed by atoms with van der Waals surface area (Å²) in [5.74, 6) is 0.232. The zero-order valence-corrected chi connectivity index (χ0v) is 9.64. The van der Waals surface area contributed by atoms with E-state index in [1.165, 1.54) is 18.2 Å². The predicted octanol–water partition coefficient (Wildman–Crippen LogP) is 2.59. The van der Waals surface area contributed by atoms with E-state index in [1.807, 2.05) is 0 Å². The van der Waals surface area contributed by atoms with Crippen molar-refractivity contribution in [3.8, 4) is 5.88 Å². The van der Waals surface area contributed by atoms with E-state index in [1.54, 1.807) is 6.92 Å². The zero-order chi connectivity index (χ0) is 12.4. The summed E-state index contributed by atoms with van der Waals surface area (Å²) in [6.45, 7) is 2.23. The van der Waals surface area contributed by atoms with E-state index in [4.69, 9.17) is 16.3 Å². The SMILES string of the molecule is CCOc1nc2ccc([N+](=O)[O-])cc2nc1Cl. The largest absolute Gasteiger partial charge is 0.476 e. The topological polar surface area (TPSA) is 78.2 Å². The highest BCUT2D eigenvalue weighted by Gasteiger charge is 2.11. The molecule has 7 heteroatoms. The second-order valence-corrected chi connectivity index (χ2v) is 3.54. The Bertz CT molecular complexity index is 588. The maximum absolute atomic E-state index is 10.6. The highest BCUT2D eigenvalue weighted by atomic mass is 35.5. The number of nitro benzene ring substituents is 1. The summed E-state index contributed by atoms with van der Waals surface area (Å²) in [5, 5.41) is 10.7. The van der Waals surface area contributed by atoms with Crippen LogP contribution < -0.4 is 4.74 Å². The highest BCUT2D eigenvalue weighted by molar-refractivity contribution is 6.31. The highest BCUT2D eigenvalue weighted by Crippen LogP contribution is 2.25. The molecule has 6 nitrogen and oxygen atoms in total. The van der Waals surface area contributed by atoms with Gasteiger partial charge < -0.3 is 4.74 Å². The van der Waals surface area contributed by atoms with Crippen molar-refractivity contribution in [2.45, 2.75) is 6.92 Å². The molecule has 2 aromatic rings. The van der Waals surface area contributed by atoms with Crippen LogP contribution in [0.2, 0.25) is 5.15 Å². The molecule has 0 aliphatic carbocycles. The average Bonchev–Trinajstić information content (AvgIpc) is 2.29. The Kier molecular flexibility index (Phi) is 3.06. The van der Waals surface area contributed by atoms with Gasteiger partial charge in [-0.1, -0.05) is 11.6 Å². The van der Waals surface area contributed by atoms with Gasteiger partial charge >= 0.3 is 0 Å². The van der Waals surface area contributed by atoms with Crippen molar-refractivity contribution >= 4 is 28.3 Å². The lowest BCUT2D eigenvalue weighted by atomic mass is 10.2. The monoisotopic (exact) mass is 253 g/mol. The molecule has 0 N–H and O–H groups in total. The van der Waals surface area contributed by atoms with Gasteiger partial charge in [0.2, 0.25) is 0 Å². The summed E-state index contributed by atoms with van der Waals surface area (Å²) in [5.41, 5.74) is 0.822. The Morgan fingerprint density at radius 3 is 2.82 bits per heavy atom. The first-order valence-electron chi connectivity index (χ1n) is 4.86. The Hall–Kier alpha value is -1.95. The number of benzene rings is 1. The van der Waals surface area contributed by atoms with Crippen LogP contribution in [0, 0.1) is 10.1 Å². The summed E-state index contributed by atoms with van der Waals surface area (Å²) in [6, 6.07) is 4.20. The molecule has 0 spiro atoms. The lowest BCUT2D eigenvalue weighted by Crippen LogP contribution is -1.98. The molecular formula is C10H8ClN3O3. The van der Waals surface area contributed by atoms with Gasteiger partial charge in [0.25, 0.3) is 11.6 Å². The third-order valence-corrected chi connectivity index (χ3v) is 2.31. The van der Waals surface area contributed by atoms with Crippen LogP contribution in [0.5, 0.6) is 5.88 Å². The number of aromatic nitrogens is 2. The third-order valence-electron chi connectivity index (χ3n) is 2.07. The van der Waals surface area contributed by atoms with E-state index < -0.39 is 4.92 Å². The van der Waals surface area contributed by atoms with Crippen LogP contribution in [0.3, 0.4) is 0 Å². The minimum Gasteiger partial charge on any atom is -0.476 e. The fraction of sp³-hybridized carbons (Fsp3) is 0.200. The summed E-state index contributed by atoms with van der Waals surface area (Å²) in [4.78, 5) is 18.2. The zero-order valence-electron chi connectivity index (χ0n) is 8.88. The van der Waals surface area contributed by atoms with E-state index in [2.05, 4.69) is 9.97 Å². The molecule has 1 heterocycles. The molecule has 0 aliphatic rings. The number of ether oxygens (including phenoxy) is 1. The molecule has 0 fully saturated rings. The number of rotatable bonds is 3. The standard InChI is InChI=1S/C10H8ClN3O3/c1-2-17-10-9(11)12-8-5-6(14(15)16)3-4-7(8)13-10/h3-5H,2H2,1H3. The molecule has 0 atom stereocenters. The Morgan fingerprint density at radius 2 is 2.18 bits per heavy atom. The number of halogens is 1. The number of hydrogen-bond acceptors (Lipinski definition) is 5. The van der Waals surface area contributed by atoms with Gasteiger partial charge in [0.1, 0.15) is 0 Å². The van der Waals surface area contributed by atoms with E-state index in [0.717, 1.165) is 0 Å². The lowest BCUT2D eigenvalue weighted by Gasteiger charge is -2.04. The van der Waals surface area contributed by atoms with Crippen molar-refractivity contribution in [2.24, 2.45) is 0 Å². The number of nitrogens with zero attached hydrogens (tertiary/aromatic N) is 3. The first kappa shape index (κ1) is 11.5. The van der Waals surface area contributed by atoms with Crippen LogP contribution in [0.15, 0.2) is 18.2 Å². The molecule has 0 bridgehead atoms. The molecule has 0 aliphatic heterocycles. The summed E-state index contributed by atoms with van der Waals surface area (Å²) < 4.78 is 5.18. The van der Waals surface area contributed by atoms with Gasteiger partial charge in [-0.25, -0.2) is 9.97 Å². The Morgan fingerprint density at radius 1 is 1.41 bits per heavy atom. The predicted molar refractivity (Wildman–Crippen MR) is 62.4 cm³/mol. The lowest BCUT2D eigenvalue weighted by molar-refractivity contribution is -0.384. The molecule has 1 aromatic heterocycles. The van der Waals surface area contributed by atoms with Crippen molar-refractivity contribution < 1.29 is 9.66 Å². The Balaban J connectivity index is 2.57. The quantitative estimate of drug-likeness (QED) is 0.620. The summed E-state index contributed by atoms with van der Waals surface area (Å²) in [7, 11) is 0. The van der Waals surface area contributed by atoms with Gasteiger partial charge in [-0.15, -0.1) is 0 Å². The first-order valence-corrected chi connectivity index (χ1v) is 5.24. The second kappa shape index (κ2) is 4.50. The van der Waals surface area contributed by atoms with Crippen LogP contribution in [-0.2, 0) is 0 Å². The van der Waals surface area contributed by atoms with Gasteiger partial charge in [0.05, 0.1) is 22.6 Å². The van der Waals surface area contributed by atoms with Crippen LogP contribution in [0.4, 0.5) is 5.69 Å². The molecular weight excluding hydrogens is 246 g/mol. The molecule has 0 saturated heterocycles. The summed E-state index contributed by atoms with van der Waals surface area (Å²) in [6.07, 6.45) is 0. The van der Waals surface area contributed by atoms with Gasteiger partial charge in [0.15, 0.2) is 5.15 Å². The molecule has 0 saturated carbocycles. The molecule has 88 valence electrons. The van der Waals surface area contributed by atoms with E-state index >= 15 is 0 Å².